The topological polar surface area (TPSA) is 66.5 Å². The highest BCUT2D eigenvalue weighted by molar-refractivity contribution is 5.92. The molecule has 2 aromatic rings. The second kappa shape index (κ2) is 8.78. The van der Waals surface area contributed by atoms with Gasteiger partial charge in [0.05, 0.1) is 25.1 Å². The summed E-state index contributed by atoms with van der Waals surface area (Å²) in [5.74, 6) is -0.142. The third-order valence-corrected chi connectivity index (χ3v) is 4.70. The monoisotopic (exact) mass is 354 g/mol. The fraction of sp³-hybridized carbons (Fsp3) is 0.400. The van der Waals surface area contributed by atoms with Crippen molar-refractivity contribution < 1.29 is 9.53 Å². The van der Waals surface area contributed by atoms with Gasteiger partial charge in [-0.15, -0.1) is 0 Å². The van der Waals surface area contributed by atoms with Gasteiger partial charge in [0.1, 0.15) is 5.69 Å². The van der Waals surface area contributed by atoms with Crippen molar-refractivity contribution in [3.05, 3.63) is 53.3 Å². The average molecular weight is 354 g/mol. The summed E-state index contributed by atoms with van der Waals surface area (Å²) in [6.07, 6.45) is 1.69. The highest BCUT2D eigenvalue weighted by atomic mass is 16.5. The molecule has 0 spiro atoms. The van der Waals surface area contributed by atoms with E-state index in [1.807, 2.05) is 18.2 Å². The quantitative estimate of drug-likeness (QED) is 0.834. The van der Waals surface area contributed by atoms with Gasteiger partial charge in [0, 0.05) is 31.9 Å². The van der Waals surface area contributed by atoms with Crippen LogP contribution in [0.1, 0.15) is 21.6 Å². The molecular weight excluding hydrogens is 328 g/mol. The number of carbonyl (C=O) groups is 1. The summed E-state index contributed by atoms with van der Waals surface area (Å²) in [4.78, 5) is 18.8. The number of ether oxygens (including phenoxy) is 1. The van der Waals surface area contributed by atoms with Crippen molar-refractivity contribution in [2.75, 3.05) is 44.7 Å². The van der Waals surface area contributed by atoms with Crippen LogP contribution in [0.25, 0.3) is 0 Å². The van der Waals surface area contributed by atoms with Crippen molar-refractivity contribution in [2.24, 2.45) is 0 Å². The van der Waals surface area contributed by atoms with E-state index in [0.29, 0.717) is 12.2 Å². The van der Waals surface area contributed by atoms with Crippen LogP contribution in [-0.4, -0.2) is 55.2 Å². The van der Waals surface area contributed by atoms with E-state index in [9.17, 15) is 4.79 Å². The Morgan fingerprint density at radius 1 is 1.19 bits per heavy atom. The minimum absolute atomic E-state index is 0.142. The van der Waals surface area contributed by atoms with Crippen LogP contribution in [0, 0.1) is 13.8 Å². The van der Waals surface area contributed by atoms with Gasteiger partial charge in [-0.2, -0.15) is 0 Å². The lowest BCUT2D eigenvalue weighted by atomic mass is 10.1. The second-order valence-electron chi connectivity index (χ2n) is 6.51. The molecule has 138 valence electrons. The Morgan fingerprint density at radius 2 is 2.00 bits per heavy atom. The number of anilines is 2. The van der Waals surface area contributed by atoms with E-state index in [2.05, 4.69) is 40.4 Å². The van der Waals surface area contributed by atoms with Gasteiger partial charge in [0.15, 0.2) is 0 Å². The number of nitrogens with one attached hydrogen (secondary N) is 2. The van der Waals surface area contributed by atoms with Crippen LogP contribution in [0.3, 0.4) is 0 Å². The number of hydrogen-bond donors (Lipinski definition) is 2. The van der Waals surface area contributed by atoms with Gasteiger partial charge in [0.2, 0.25) is 0 Å². The molecule has 1 aliphatic rings. The van der Waals surface area contributed by atoms with Gasteiger partial charge < -0.3 is 15.4 Å². The lowest BCUT2D eigenvalue weighted by molar-refractivity contribution is 0.0383. The Bertz CT molecular complexity index is 740. The molecule has 0 atom stereocenters. The minimum Gasteiger partial charge on any atom is -0.379 e. The minimum atomic E-state index is -0.142. The number of morpholine rings is 1. The SMILES string of the molecule is Cc1cccc(Nc2ccc(C(=O)NCCN3CCOCC3)nc2)c1C. The van der Waals surface area contributed by atoms with E-state index in [0.717, 1.165) is 44.2 Å². The lowest BCUT2D eigenvalue weighted by Crippen LogP contribution is -2.41. The number of aryl methyl sites for hydroxylation is 1. The van der Waals surface area contributed by atoms with E-state index < -0.39 is 0 Å². The Labute approximate surface area is 154 Å². The smallest absolute Gasteiger partial charge is 0.269 e. The molecule has 1 aliphatic heterocycles. The fourth-order valence-corrected chi connectivity index (χ4v) is 2.89. The Morgan fingerprint density at radius 3 is 2.73 bits per heavy atom. The summed E-state index contributed by atoms with van der Waals surface area (Å²) in [6, 6.07) is 9.77. The summed E-state index contributed by atoms with van der Waals surface area (Å²) in [5, 5.41) is 6.28. The van der Waals surface area contributed by atoms with Crippen LogP contribution >= 0.6 is 0 Å². The van der Waals surface area contributed by atoms with Crippen LogP contribution in [0.4, 0.5) is 11.4 Å². The summed E-state index contributed by atoms with van der Waals surface area (Å²) >= 11 is 0. The van der Waals surface area contributed by atoms with Crippen LogP contribution in [0.5, 0.6) is 0 Å². The van der Waals surface area contributed by atoms with Crippen molar-refractivity contribution in [3.63, 3.8) is 0 Å². The molecule has 2 heterocycles. The maximum Gasteiger partial charge on any atom is 0.269 e. The molecule has 3 rings (SSSR count). The standard InChI is InChI=1S/C20H26N4O2/c1-15-4-3-5-18(16(15)2)23-17-6-7-19(22-14-17)20(25)21-8-9-24-10-12-26-13-11-24/h3-7,14,23H,8-13H2,1-2H3,(H,21,25). The molecule has 0 unspecified atom stereocenters. The number of pyridine rings is 1. The first-order valence-electron chi connectivity index (χ1n) is 9.01. The van der Waals surface area contributed by atoms with Crippen molar-refractivity contribution in [2.45, 2.75) is 13.8 Å². The third-order valence-electron chi connectivity index (χ3n) is 4.70. The average Bonchev–Trinajstić information content (AvgIpc) is 2.67. The molecule has 0 saturated carbocycles. The Hall–Kier alpha value is -2.44. The molecule has 0 radical (unpaired) electrons. The first-order valence-corrected chi connectivity index (χ1v) is 9.01. The molecular formula is C20H26N4O2. The van der Waals surface area contributed by atoms with Crippen LogP contribution in [0.2, 0.25) is 0 Å². The molecule has 0 aliphatic carbocycles. The highest BCUT2D eigenvalue weighted by Crippen LogP contribution is 2.22. The molecule has 1 fully saturated rings. The van der Waals surface area contributed by atoms with Gasteiger partial charge in [-0.25, -0.2) is 4.98 Å². The predicted molar refractivity (Wildman–Crippen MR) is 103 cm³/mol. The van der Waals surface area contributed by atoms with Gasteiger partial charge in [-0.1, -0.05) is 12.1 Å². The van der Waals surface area contributed by atoms with Gasteiger partial charge >= 0.3 is 0 Å². The number of hydrogen-bond acceptors (Lipinski definition) is 5. The number of benzene rings is 1. The van der Waals surface area contributed by atoms with Gasteiger partial charge in [-0.3, -0.25) is 9.69 Å². The number of rotatable bonds is 6. The molecule has 6 nitrogen and oxygen atoms in total. The lowest BCUT2D eigenvalue weighted by Gasteiger charge is -2.26. The molecule has 0 bridgehead atoms. The maximum absolute atomic E-state index is 12.2. The van der Waals surface area contributed by atoms with Crippen molar-refractivity contribution in [3.8, 4) is 0 Å². The van der Waals surface area contributed by atoms with E-state index >= 15 is 0 Å². The Kier molecular flexibility index (Phi) is 6.20. The fourth-order valence-electron chi connectivity index (χ4n) is 2.89. The third kappa shape index (κ3) is 4.80. The molecule has 1 saturated heterocycles. The molecule has 26 heavy (non-hydrogen) atoms. The van der Waals surface area contributed by atoms with E-state index in [4.69, 9.17) is 4.74 Å². The summed E-state index contributed by atoms with van der Waals surface area (Å²) in [7, 11) is 0. The van der Waals surface area contributed by atoms with Crippen LogP contribution in [-0.2, 0) is 4.74 Å². The first kappa shape index (κ1) is 18.4. The van der Waals surface area contributed by atoms with Crippen LogP contribution in [0.15, 0.2) is 36.5 Å². The normalized spacial score (nSPS) is 14.8. The van der Waals surface area contributed by atoms with Crippen molar-refractivity contribution in [1.82, 2.24) is 15.2 Å². The Balaban J connectivity index is 1.51. The summed E-state index contributed by atoms with van der Waals surface area (Å²) in [5.41, 5.74) is 4.79. The van der Waals surface area contributed by atoms with Gasteiger partial charge in [-0.05, 0) is 43.2 Å². The van der Waals surface area contributed by atoms with E-state index in [1.165, 1.54) is 11.1 Å². The van der Waals surface area contributed by atoms with Gasteiger partial charge in [0.25, 0.3) is 5.91 Å². The zero-order chi connectivity index (χ0) is 18.4. The molecule has 1 amide bonds. The summed E-state index contributed by atoms with van der Waals surface area (Å²) in [6.45, 7) is 9.00. The van der Waals surface area contributed by atoms with E-state index in [1.54, 1.807) is 12.3 Å². The number of nitrogens with zero attached hydrogens (tertiary/aromatic N) is 2. The van der Waals surface area contributed by atoms with Crippen molar-refractivity contribution >= 4 is 17.3 Å². The predicted octanol–water partition coefficient (Wildman–Crippen LogP) is 2.50. The molecule has 6 heteroatoms. The molecule has 1 aromatic heterocycles. The maximum atomic E-state index is 12.2. The number of carbonyl (C=O) groups excluding carboxylic acids is 1. The summed E-state index contributed by atoms with van der Waals surface area (Å²) < 4.78 is 5.32. The highest BCUT2D eigenvalue weighted by Gasteiger charge is 2.11. The molecule has 1 aromatic carbocycles. The first-order chi connectivity index (χ1) is 12.6. The zero-order valence-corrected chi connectivity index (χ0v) is 15.4. The van der Waals surface area contributed by atoms with Crippen LogP contribution < -0.4 is 10.6 Å². The van der Waals surface area contributed by atoms with Crippen molar-refractivity contribution in [1.29, 1.82) is 0 Å². The zero-order valence-electron chi connectivity index (χ0n) is 15.4. The largest absolute Gasteiger partial charge is 0.379 e. The van der Waals surface area contributed by atoms with E-state index in [-0.39, 0.29) is 5.91 Å². The molecule has 2 N–H and O–H groups in total. The second-order valence-corrected chi connectivity index (χ2v) is 6.51. The number of amides is 1. The number of aromatic nitrogens is 1.